The molecule has 3 aromatic rings. The molecule has 0 spiro atoms. The fourth-order valence-corrected chi connectivity index (χ4v) is 4.41. The largest absolute Gasteiger partial charge is 0.349 e. The summed E-state index contributed by atoms with van der Waals surface area (Å²) in [7, 11) is 0. The van der Waals surface area contributed by atoms with Gasteiger partial charge in [-0.25, -0.2) is 4.39 Å². The highest BCUT2D eigenvalue weighted by atomic mass is 35.5. The number of amides is 2. The van der Waals surface area contributed by atoms with Gasteiger partial charge in [0.05, 0.1) is 16.6 Å². The van der Waals surface area contributed by atoms with Gasteiger partial charge in [-0.05, 0) is 30.3 Å². The van der Waals surface area contributed by atoms with Crippen LogP contribution in [-0.4, -0.2) is 40.8 Å². The molecular weight excluding hydrogens is 393 g/mol. The highest BCUT2D eigenvalue weighted by Crippen LogP contribution is 2.46. The number of nitrogens with one attached hydrogen (secondary N) is 1. The molecule has 7 heteroatoms. The van der Waals surface area contributed by atoms with Crippen molar-refractivity contribution in [1.82, 2.24) is 15.2 Å². The normalized spacial score (nSPS) is 22.4. The number of aromatic nitrogens is 1. The summed E-state index contributed by atoms with van der Waals surface area (Å²) < 4.78 is 14.0. The minimum atomic E-state index is -0.614. The van der Waals surface area contributed by atoms with Crippen molar-refractivity contribution in [2.75, 3.05) is 13.1 Å². The predicted molar refractivity (Wildman–Crippen MR) is 107 cm³/mol. The molecule has 0 bridgehead atoms. The monoisotopic (exact) mass is 409 g/mol. The molecule has 146 valence electrons. The molecule has 2 fully saturated rings. The van der Waals surface area contributed by atoms with Crippen LogP contribution in [0.15, 0.2) is 54.7 Å². The SMILES string of the molecule is O=C(NC1[C@H]2CN(C(=O)c3ccc(Cl)cc3F)C[C@@H]12)c1cccc2cccnc12. The van der Waals surface area contributed by atoms with Gasteiger partial charge in [-0.2, -0.15) is 0 Å². The van der Waals surface area contributed by atoms with Gasteiger partial charge < -0.3 is 10.2 Å². The summed E-state index contributed by atoms with van der Waals surface area (Å²) in [6, 6.07) is 13.4. The maximum absolute atomic E-state index is 14.0. The topological polar surface area (TPSA) is 62.3 Å². The molecule has 5 rings (SSSR count). The first-order valence-electron chi connectivity index (χ1n) is 9.42. The molecule has 1 aromatic heterocycles. The third kappa shape index (κ3) is 3.13. The first kappa shape index (κ1) is 18.1. The molecule has 29 heavy (non-hydrogen) atoms. The molecule has 2 aliphatic rings. The lowest BCUT2D eigenvalue weighted by Gasteiger charge is -2.20. The zero-order valence-electron chi connectivity index (χ0n) is 15.3. The van der Waals surface area contributed by atoms with Crippen molar-refractivity contribution in [2.45, 2.75) is 6.04 Å². The van der Waals surface area contributed by atoms with Gasteiger partial charge in [0.2, 0.25) is 0 Å². The van der Waals surface area contributed by atoms with E-state index in [-0.39, 0.29) is 40.3 Å². The van der Waals surface area contributed by atoms with E-state index in [1.54, 1.807) is 17.2 Å². The molecule has 0 radical (unpaired) electrons. The van der Waals surface area contributed by atoms with E-state index >= 15 is 0 Å². The number of benzene rings is 2. The van der Waals surface area contributed by atoms with Crippen LogP contribution >= 0.6 is 11.6 Å². The van der Waals surface area contributed by atoms with Crippen molar-refractivity contribution < 1.29 is 14.0 Å². The van der Waals surface area contributed by atoms with Crippen LogP contribution in [0.4, 0.5) is 4.39 Å². The number of hydrogen-bond donors (Lipinski definition) is 1. The Kier molecular flexibility index (Phi) is 4.24. The smallest absolute Gasteiger partial charge is 0.256 e. The maximum Gasteiger partial charge on any atom is 0.256 e. The fraction of sp³-hybridized carbons (Fsp3) is 0.227. The van der Waals surface area contributed by atoms with Gasteiger partial charge in [0.15, 0.2) is 0 Å². The highest BCUT2D eigenvalue weighted by molar-refractivity contribution is 6.30. The minimum absolute atomic E-state index is 0.0260. The molecule has 1 unspecified atom stereocenters. The Hall–Kier alpha value is -2.99. The molecule has 2 heterocycles. The van der Waals surface area contributed by atoms with E-state index in [2.05, 4.69) is 10.3 Å². The minimum Gasteiger partial charge on any atom is -0.349 e. The number of carbonyl (C=O) groups is 2. The van der Waals surface area contributed by atoms with Gasteiger partial charge in [0, 0.05) is 47.6 Å². The summed E-state index contributed by atoms with van der Waals surface area (Å²) in [5, 5.41) is 4.25. The van der Waals surface area contributed by atoms with E-state index in [0.29, 0.717) is 24.2 Å². The maximum atomic E-state index is 14.0. The lowest BCUT2D eigenvalue weighted by atomic mass is 10.1. The number of piperidine rings is 1. The number of likely N-dealkylation sites (tertiary alicyclic amines) is 1. The molecular formula is C22H17ClFN3O2. The summed E-state index contributed by atoms with van der Waals surface area (Å²) in [5.74, 6) is -0.719. The van der Waals surface area contributed by atoms with E-state index in [0.717, 1.165) is 11.5 Å². The second-order valence-electron chi connectivity index (χ2n) is 7.54. The number of carbonyl (C=O) groups excluding carboxylic acids is 2. The quantitative estimate of drug-likeness (QED) is 0.719. The number of para-hydroxylation sites is 1. The van der Waals surface area contributed by atoms with Crippen LogP contribution in [0, 0.1) is 17.7 Å². The Morgan fingerprint density at radius 1 is 1.07 bits per heavy atom. The predicted octanol–water partition coefficient (Wildman–Crippen LogP) is 3.53. The van der Waals surface area contributed by atoms with Crippen molar-refractivity contribution in [3.8, 4) is 0 Å². The molecule has 1 saturated carbocycles. The van der Waals surface area contributed by atoms with Gasteiger partial charge in [-0.1, -0.05) is 29.8 Å². The Morgan fingerprint density at radius 2 is 1.83 bits per heavy atom. The van der Waals surface area contributed by atoms with Crippen molar-refractivity contribution >= 4 is 34.3 Å². The van der Waals surface area contributed by atoms with Crippen LogP contribution in [0.3, 0.4) is 0 Å². The average molecular weight is 410 g/mol. The Morgan fingerprint density at radius 3 is 2.59 bits per heavy atom. The second kappa shape index (κ2) is 6.81. The Balaban J connectivity index is 1.25. The van der Waals surface area contributed by atoms with E-state index < -0.39 is 5.82 Å². The molecule has 2 amide bonds. The first-order chi connectivity index (χ1) is 14.0. The van der Waals surface area contributed by atoms with Crippen molar-refractivity contribution in [3.63, 3.8) is 0 Å². The number of rotatable bonds is 3. The van der Waals surface area contributed by atoms with Gasteiger partial charge in [0.1, 0.15) is 5.82 Å². The van der Waals surface area contributed by atoms with Crippen LogP contribution < -0.4 is 5.32 Å². The summed E-state index contributed by atoms with van der Waals surface area (Å²) in [5.41, 5.74) is 1.25. The average Bonchev–Trinajstić information content (AvgIpc) is 3.15. The van der Waals surface area contributed by atoms with Crippen LogP contribution in [0.5, 0.6) is 0 Å². The van der Waals surface area contributed by atoms with E-state index in [1.807, 2.05) is 24.3 Å². The van der Waals surface area contributed by atoms with E-state index in [9.17, 15) is 14.0 Å². The third-order valence-corrected chi connectivity index (χ3v) is 6.05. The van der Waals surface area contributed by atoms with Crippen LogP contribution in [-0.2, 0) is 0 Å². The van der Waals surface area contributed by atoms with Gasteiger partial charge in [0.25, 0.3) is 11.8 Å². The number of nitrogens with zero attached hydrogens (tertiary/aromatic N) is 2. The molecule has 2 aromatic carbocycles. The lowest BCUT2D eigenvalue weighted by molar-refractivity contribution is 0.0765. The van der Waals surface area contributed by atoms with E-state index in [4.69, 9.17) is 11.6 Å². The number of hydrogen-bond acceptors (Lipinski definition) is 3. The molecule has 1 aliphatic heterocycles. The Bertz CT molecular complexity index is 1130. The lowest BCUT2D eigenvalue weighted by Crippen LogP contribution is -2.37. The van der Waals surface area contributed by atoms with E-state index in [1.165, 1.54) is 12.1 Å². The zero-order chi connectivity index (χ0) is 20.1. The zero-order valence-corrected chi connectivity index (χ0v) is 16.1. The molecule has 5 nitrogen and oxygen atoms in total. The van der Waals surface area contributed by atoms with Crippen LogP contribution in [0.1, 0.15) is 20.7 Å². The van der Waals surface area contributed by atoms with Crippen molar-refractivity contribution in [2.24, 2.45) is 11.8 Å². The third-order valence-electron chi connectivity index (χ3n) is 5.82. The number of pyridine rings is 1. The Labute approximate surface area is 171 Å². The van der Waals surface area contributed by atoms with Gasteiger partial charge in [-0.3, -0.25) is 14.6 Å². The van der Waals surface area contributed by atoms with Crippen LogP contribution in [0.25, 0.3) is 10.9 Å². The highest BCUT2D eigenvalue weighted by Gasteiger charge is 2.57. The van der Waals surface area contributed by atoms with Gasteiger partial charge >= 0.3 is 0 Å². The molecule has 1 N–H and O–H groups in total. The van der Waals surface area contributed by atoms with Crippen molar-refractivity contribution in [3.05, 3.63) is 76.7 Å². The number of halogens is 2. The molecule has 3 atom stereocenters. The summed E-state index contributed by atoms with van der Waals surface area (Å²) in [6.07, 6.45) is 1.67. The second-order valence-corrected chi connectivity index (χ2v) is 7.98. The van der Waals surface area contributed by atoms with Crippen molar-refractivity contribution in [1.29, 1.82) is 0 Å². The molecule has 1 aliphatic carbocycles. The first-order valence-corrected chi connectivity index (χ1v) is 9.79. The van der Waals surface area contributed by atoms with Gasteiger partial charge in [-0.15, -0.1) is 0 Å². The summed E-state index contributed by atoms with van der Waals surface area (Å²) >= 11 is 5.76. The fourth-order valence-electron chi connectivity index (χ4n) is 4.26. The molecule has 1 saturated heterocycles. The standard InChI is InChI=1S/C22H17ClFN3O2/c23-13-6-7-14(18(24)9-13)22(29)27-10-16-17(11-27)20(16)26-21(28)15-5-1-3-12-4-2-8-25-19(12)15/h1-9,16-17,20H,10-11H2,(H,26,28)/t16-,17+,20?. The van der Waals surface area contributed by atoms with Crippen LogP contribution in [0.2, 0.25) is 5.02 Å². The number of fused-ring (bicyclic) bond motifs is 2. The summed E-state index contributed by atoms with van der Waals surface area (Å²) in [6.45, 7) is 1.01. The summed E-state index contributed by atoms with van der Waals surface area (Å²) in [4.78, 5) is 31.3.